The van der Waals surface area contributed by atoms with Gasteiger partial charge >= 0.3 is 4.87 Å². The summed E-state index contributed by atoms with van der Waals surface area (Å²) in [6.07, 6.45) is 0.811. The quantitative estimate of drug-likeness (QED) is 0.428. The third-order valence-corrected chi connectivity index (χ3v) is 11.9. The lowest BCUT2D eigenvalue weighted by atomic mass is 9.68. The fraction of sp³-hybridized carbons (Fsp3) is 0.379. The molecule has 1 saturated heterocycles. The zero-order valence-corrected chi connectivity index (χ0v) is 24.2. The summed E-state index contributed by atoms with van der Waals surface area (Å²) in [5, 5.41) is 4.31. The van der Waals surface area contributed by atoms with E-state index in [1.807, 2.05) is 19.0 Å². The maximum absolute atomic E-state index is 13.7. The molecule has 206 valence electrons. The van der Waals surface area contributed by atoms with E-state index in [0.29, 0.717) is 10.7 Å². The molecule has 7 atom stereocenters. The second kappa shape index (κ2) is 9.49. The van der Waals surface area contributed by atoms with E-state index in [-0.39, 0.29) is 52.2 Å². The third-order valence-electron chi connectivity index (χ3n) is 9.01. The van der Waals surface area contributed by atoms with Gasteiger partial charge in [0.05, 0.1) is 16.9 Å². The molecule has 3 amide bonds. The first kappa shape index (κ1) is 25.9. The number of H-pyrrole nitrogens is 1. The maximum Gasteiger partial charge on any atom is 0.305 e. The number of fused-ring (bicyclic) bond motifs is 9. The summed E-state index contributed by atoms with van der Waals surface area (Å²) >= 11 is 8.85. The minimum Gasteiger partial charge on any atom is -0.378 e. The first-order valence-electron chi connectivity index (χ1n) is 13.3. The topological polar surface area (TPSA) is 103 Å². The van der Waals surface area contributed by atoms with Crippen molar-refractivity contribution < 1.29 is 14.4 Å². The Kier molecular flexibility index (Phi) is 6.14. The van der Waals surface area contributed by atoms with E-state index in [2.05, 4.69) is 34.6 Å². The molecule has 4 aliphatic rings. The number of carbonyl (C=O) groups is 3. The van der Waals surface area contributed by atoms with Gasteiger partial charge in [-0.25, -0.2) is 0 Å². The predicted molar refractivity (Wildman–Crippen MR) is 156 cm³/mol. The number of nitrogens with one attached hydrogen (secondary N) is 2. The van der Waals surface area contributed by atoms with Gasteiger partial charge in [-0.05, 0) is 66.1 Å². The highest BCUT2D eigenvalue weighted by molar-refractivity contribution is 8.00. The molecule has 2 saturated carbocycles. The Bertz CT molecular complexity index is 1580. The SMILES string of the molecule is CN(C)c1ccc([C@H]2c3sc(=O)[nH]c3SC3C4CC(C5C(=O)N(CC(=O)Nc6ccc(Cl)cc6)C(=O)C45)C32)cc1. The van der Waals surface area contributed by atoms with Crippen molar-refractivity contribution in [3.63, 3.8) is 0 Å². The molecular weight excluding hydrogens is 568 g/mol. The monoisotopic (exact) mass is 594 g/mol. The zero-order chi connectivity index (χ0) is 27.9. The number of hydrogen-bond donors (Lipinski definition) is 2. The number of thioether (sulfide) groups is 1. The van der Waals surface area contributed by atoms with Gasteiger partial charge in [-0.1, -0.05) is 35.1 Å². The van der Waals surface area contributed by atoms with Gasteiger partial charge in [0.1, 0.15) is 6.54 Å². The van der Waals surface area contributed by atoms with Crippen LogP contribution in [0.5, 0.6) is 0 Å². The number of hydrogen-bond acceptors (Lipinski definition) is 7. The molecule has 2 N–H and O–H groups in total. The Morgan fingerprint density at radius 1 is 1.02 bits per heavy atom. The number of carbonyl (C=O) groups excluding carboxylic acids is 3. The number of halogens is 1. The van der Waals surface area contributed by atoms with Crippen LogP contribution in [0.3, 0.4) is 0 Å². The average Bonchev–Trinajstić information content (AvgIpc) is 3.66. The molecule has 6 unspecified atom stereocenters. The summed E-state index contributed by atoms with van der Waals surface area (Å²) in [7, 11) is 4.00. The van der Waals surface area contributed by atoms with Crippen LogP contribution in [-0.4, -0.2) is 53.5 Å². The fourth-order valence-electron chi connectivity index (χ4n) is 7.46. The third kappa shape index (κ3) is 3.94. The number of amides is 3. The molecule has 40 heavy (non-hydrogen) atoms. The predicted octanol–water partition coefficient (Wildman–Crippen LogP) is 4.27. The number of aromatic amines is 1. The molecule has 11 heteroatoms. The summed E-state index contributed by atoms with van der Waals surface area (Å²) in [6.45, 7) is -0.300. The van der Waals surface area contributed by atoms with E-state index in [4.69, 9.17) is 11.6 Å². The largest absolute Gasteiger partial charge is 0.378 e. The molecule has 3 heterocycles. The lowest BCUT2D eigenvalue weighted by Crippen LogP contribution is -2.42. The Morgan fingerprint density at radius 3 is 2.38 bits per heavy atom. The van der Waals surface area contributed by atoms with E-state index in [9.17, 15) is 19.2 Å². The average molecular weight is 595 g/mol. The van der Waals surface area contributed by atoms with Gasteiger partial charge in [-0.3, -0.25) is 24.1 Å². The van der Waals surface area contributed by atoms with Crippen molar-refractivity contribution in [2.75, 3.05) is 30.9 Å². The maximum atomic E-state index is 13.7. The van der Waals surface area contributed by atoms with Crippen molar-refractivity contribution in [3.8, 4) is 0 Å². The molecule has 0 spiro atoms. The normalized spacial score (nSPS) is 29.8. The van der Waals surface area contributed by atoms with E-state index in [1.165, 1.54) is 16.2 Å². The number of thiazole rings is 1. The van der Waals surface area contributed by atoms with E-state index in [0.717, 1.165) is 27.6 Å². The summed E-state index contributed by atoms with van der Waals surface area (Å²) in [6, 6.07) is 15.1. The molecule has 0 radical (unpaired) electrons. The zero-order valence-electron chi connectivity index (χ0n) is 21.8. The number of imide groups is 1. The summed E-state index contributed by atoms with van der Waals surface area (Å²) in [4.78, 5) is 59.8. The highest BCUT2D eigenvalue weighted by Gasteiger charge is 2.69. The van der Waals surface area contributed by atoms with E-state index >= 15 is 0 Å². The Morgan fingerprint density at radius 2 is 1.70 bits per heavy atom. The summed E-state index contributed by atoms with van der Waals surface area (Å²) in [5.74, 6) is -1.62. The van der Waals surface area contributed by atoms with Gasteiger partial charge in [0, 0.05) is 46.5 Å². The van der Waals surface area contributed by atoms with Crippen molar-refractivity contribution in [1.29, 1.82) is 0 Å². The lowest BCUT2D eigenvalue weighted by Gasteiger charge is -2.43. The Labute approximate surface area is 244 Å². The number of likely N-dealkylation sites (tertiary alicyclic amines) is 1. The molecule has 2 aliphatic carbocycles. The molecular formula is C29H27ClN4O4S2. The van der Waals surface area contributed by atoms with Crippen LogP contribution in [0.4, 0.5) is 11.4 Å². The van der Waals surface area contributed by atoms with Crippen LogP contribution in [0.2, 0.25) is 5.02 Å². The van der Waals surface area contributed by atoms with Crippen molar-refractivity contribution in [1.82, 2.24) is 9.88 Å². The molecule has 2 aliphatic heterocycles. The van der Waals surface area contributed by atoms with Crippen molar-refractivity contribution in [3.05, 3.63) is 73.7 Å². The van der Waals surface area contributed by atoms with E-state index in [1.54, 1.807) is 36.0 Å². The minimum absolute atomic E-state index is 0.0113. The molecule has 8 nitrogen and oxygen atoms in total. The molecule has 2 aromatic carbocycles. The van der Waals surface area contributed by atoms with Gasteiger partial charge < -0.3 is 15.2 Å². The number of rotatable bonds is 5. The second-order valence-electron chi connectivity index (χ2n) is 11.3. The van der Waals surface area contributed by atoms with Gasteiger partial charge in [0.15, 0.2) is 0 Å². The highest BCUT2D eigenvalue weighted by Crippen LogP contribution is 2.68. The van der Waals surface area contributed by atoms with Gasteiger partial charge in [-0.2, -0.15) is 0 Å². The van der Waals surface area contributed by atoms with Crippen molar-refractivity contribution in [2.45, 2.75) is 22.6 Å². The second-order valence-corrected chi connectivity index (χ2v) is 13.9. The number of benzene rings is 2. The van der Waals surface area contributed by atoms with E-state index < -0.39 is 17.7 Å². The summed E-state index contributed by atoms with van der Waals surface area (Å²) in [5.41, 5.74) is 2.77. The molecule has 2 bridgehead atoms. The lowest BCUT2D eigenvalue weighted by molar-refractivity contribution is -0.143. The van der Waals surface area contributed by atoms with Crippen LogP contribution in [-0.2, 0) is 14.4 Å². The van der Waals surface area contributed by atoms with Crippen LogP contribution in [0.1, 0.15) is 22.8 Å². The van der Waals surface area contributed by atoms with Crippen LogP contribution >= 0.6 is 34.7 Å². The van der Waals surface area contributed by atoms with Crippen molar-refractivity contribution in [2.24, 2.45) is 29.6 Å². The molecule has 3 aromatic rings. The highest BCUT2D eigenvalue weighted by atomic mass is 35.5. The Balaban J connectivity index is 1.18. The molecule has 7 rings (SSSR count). The number of anilines is 2. The fourth-order valence-corrected chi connectivity index (χ4v) is 10.5. The molecule has 3 fully saturated rings. The first-order chi connectivity index (χ1) is 19.2. The van der Waals surface area contributed by atoms with Gasteiger partial charge in [0.25, 0.3) is 0 Å². The molecule has 1 aromatic heterocycles. The number of aromatic nitrogens is 1. The van der Waals surface area contributed by atoms with Crippen LogP contribution in [0.25, 0.3) is 0 Å². The Hall–Kier alpha value is -3.08. The standard InChI is InChI=1S/C29H27ClN4O4S2/c1-33(2)16-9-3-13(4-10-16)20-21-17-11-18(24(21)39-26-25(20)40-29(38)32-26)23-22(17)27(36)34(28(23)37)12-19(35)31-15-7-5-14(30)6-8-15/h3-10,17-18,20-24H,11-12H2,1-2H3,(H,31,35)(H,32,38)/t17?,18?,20-,21?,22?,23?,24?/m1/s1. The van der Waals surface area contributed by atoms with Crippen LogP contribution in [0.15, 0.2) is 58.4 Å². The smallest absolute Gasteiger partial charge is 0.305 e. The first-order valence-corrected chi connectivity index (χ1v) is 15.4. The van der Waals surface area contributed by atoms with Gasteiger partial charge in [-0.15, -0.1) is 11.8 Å². The van der Waals surface area contributed by atoms with Crippen LogP contribution in [0, 0.1) is 29.6 Å². The van der Waals surface area contributed by atoms with Crippen LogP contribution < -0.4 is 15.1 Å². The number of nitrogens with zero attached hydrogens (tertiary/aromatic N) is 2. The summed E-state index contributed by atoms with van der Waals surface area (Å²) < 4.78 is 0. The minimum atomic E-state index is -0.427. The van der Waals surface area contributed by atoms with Crippen molar-refractivity contribution >= 4 is 63.8 Å². The van der Waals surface area contributed by atoms with Gasteiger partial charge in [0.2, 0.25) is 17.7 Å².